The number of allylic oxidation sites excluding steroid dienone is 7. The summed E-state index contributed by atoms with van der Waals surface area (Å²) in [6.07, 6.45) is 99.4. The summed E-state index contributed by atoms with van der Waals surface area (Å²) in [4.78, 5) is 24.6. The standard InChI is InChI=1S/C80H151NO5/c1-3-5-7-9-11-13-15-17-19-44-48-52-56-60-64-68-72-78(83)77(76-82)81-79(84)73-69-65-61-57-53-49-45-42-40-38-36-34-32-30-28-26-24-22-21-23-25-27-29-31-33-35-37-39-41-43-47-51-55-59-63-67-71-75-86-80(85)74-70-66-62-58-54-50-46-20-18-16-14-12-10-8-6-4-2/h20-21,23,27,29,46,68,72,77-78,82-83H,3-19,22,24-26,28,30-45,47-67,69-71,73-76H2,1-2H3,(H,81,84)/b23-21-,29-27-,46-20-,72-68+. The van der Waals surface area contributed by atoms with Gasteiger partial charge in [0.2, 0.25) is 5.91 Å². The molecule has 0 aliphatic rings. The van der Waals surface area contributed by atoms with E-state index in [2.05, 4.69) is 55.6 Å². The number of aliphatic hydroxyl groups is 2. The van der Waals surface area contributed by atoms with Gasteiger partial charge in [0.05, 0.1) is 25.4 Å². The van der Waals surface area contributed by atoms with Gasteiger partial charge in [-0.3, -0.25) is 9.59 Å². The lowest BCUT2D eigenvalue weighted by Crippen LogP contribution is -2.45. The van der Waals surface area contributed by atoms with Crippen LogP contribution in [0, 0.1) is 0 Å². The van der Waals surface area contributed by atoms with E-state index in [1.807, 2.05) is 6.08 Å². The van der Waals surface area contributed by atoms with E-state index < -0.39 is 12.1 Å². The first-order valence-corrected chi connectivity index (χ1v) is 38.9. The predicted molar refractivity (Wildman–Crippen MR) is 379 cm³/mol. The van der Waals surface area contributed by atoms with Crippen LogP contribution in [0.25, 0.3) is 0 Å². The fourth-order valence-electron chi connectivity index (χ4n) is 12.1. The van der Waals surface area contributed by atoms with Gasteiger partial charge in [-0.05, 0) is 89.9 Å². The van der Waals surface area contributed by atoms with Crippen LogP contribution in [-0.4, -0.2) is 47.4 Å². The normalized spacial score (nSPS) is 12.7. The molecule has 0 spiro atoms. The Kier molecular flexibility index (Phi) is 73.4. The molecule has 0 aromatic heterocycles. The van der Waals surface area contributed by atoms with Crippen LogP contribution in [0.2, 0.25) is 0 Å². The lowest BCUT2D eigenvalue weighted by molar-refractivity contribution is -0.143. The zero-order chi connectivity index (χ0) is 62.0. The molecule has 0 rings (SSSR count). The first-order chi connectivity index (χ1) is 42.5. The molecular weight excluding hydrogens is 1050 g/mol. The van der Waals surface area contributed by atoms with Gasteiger partial charge in [-0.1, -0.05) is 371 Å². The maximum atomic E-state index is 12.5. The fraction of sp³-hybridized carbons (Fsp3) is 0.875. The SMILES string of the molecule is CCCCCCCCC/C=C\CCCCCCCC(=O)OCCCCCCCCCCCCCCC/C=C\C/C=C\CCCCCCCCCCCCCCCCCCCC(=O)NC(CO)C(O)/C=C/CCCCCCCCCCCCCCCC. The molecule has 6 nitrogen and oxygen atoms in total. The van der Waals surface area contributed by atoms with Crippen molar-refractivity contribution in [1.29, 1.82) is 0 Å². The maximum absolute atomic E-state index is 12.5. The molecule has 506 valence electrons. The number of hydrogen-bond donors (Lipinski definition) is 3. The summed E-state index contributed by atoms with van der Waals surface area (Å²) in [6.45, 7) is 4.93. The molecule has 0 bridgehead atoms. The Morgan fingerprint density at radius 2 is 0.581 bits per heavy atom. The molecule has 0 radical (unpaired) electrons. The van der Waals surface area contributed by atoms with Crippen molar-refractivity contribution >= 4 is 11.9 Å². The van der Waals surface area contributed by atoms with Crippen LogP contribution in [0.3, 0.4) is 0 Å². The Labute approximate surface area is 537 Å². The highest BCUT2D eigenvalue weighted by atomic mass is 16.5. The molecular formula is C80H151NO5. The monoisotopic (exact) mass is 1210 g/mol. The molecule has 0 saturated heterocycles. The van der Waals surface area contributed by atoms with E-state index in [4.69, 9.17) is 4.74 Å². The fourth-order valence-corrected chi connectivity index (χ4v) is 12.1. The Balaban J connectivity index is 3.37. The molecule has 2 atom stereocenters. The minimum Gasteiger partial charge on any atom is -0.466 e. The van der Waals surface area contributed by atoms with Gasteiger partial charge in [0, 0.05) is 12.8 Å². The van der Waals surface area contributed by atoms with E-state index in [1.54, 1.807) is 6.08 Å². The third-order valence-electron chi connectivity index (χ3n) is 18.1. The third kappa shape index (κ3) is 70.9. The van der Waals surface area contributed by atoms with Crippen LogP contribution in [0.1, 0.15) is 425 Å². The first kappa shape index (κ1) is 83.8. The van der Waals surface area contributed by atoms with Crippen LogP contribution < -0.4 is 5.32 Å². The average Bonchev–Trinajstić information content (AvgIpc) is 3.60. The number of amides is 1. The number of hydrogen-bond acceptors (Lipinski definition) is 5. The van der Waals surface area contributed by atoms with Crippen LogP contribution in [-0.2, 0) is 14.3 Å². The summed E-state index contributed by atoms with van der Waals surface area (Å²) in [5.74, 6) is -0.0511. The van der Waals surface area contributed by atoms with Gasteiger partial charge >= 0.3 is 5.97 Å². The summed E-state index contributed by atoms with van der Waals surface area (Å²) in [6, 6.07) is -0.626. The zero-order valence-corrected chi connectivity index (χ0v) is 58.1. The largest absolute Gasteiger partial charge is 0.466 e. The molecule has 3 N–H and O–H groups in total. The van der Waals surface area contributed by atoms with E-state index in [0.29, 0.717) is 19.4 Å². The first-order valence-electron chi connectivity index (χ1n) is 38.9. The number of rotatable bonds is 73. The molecule has 6 heteroatoms. The van der Waals surface area contributed by atoms with Crippen molar-refractivity contribution in [3.8, 4) is 0 Å². The van der Waals surface area contributed by atoms with Gasteiger partial charge in [0.25, 0.3) is 0 Å². The lowest BCUT2D eigenvalue weighted by Gasteiger charge is -2.20. The summed E-state index contributed by atoms with van der Waals surface area (Å²) in [5, 5.41) is 23.2. The summed E-state index contributed by atoms with van der Waals surface area (Å²) >= 11 is 0. The molecule has 0 aromatic rings. The van der Waals surface area contributed by atoms with Crippen LogP contribution in [0.15, 0.2) is 48.6 Å². The topological polar surface area (TPSA) is 95.9 Å². The van der Waals surface area contributed by atoms with Gasteiger partial charge in [-0.2, -0.15) is 0 Å². The van der Waals surface area contributed by atoms with Crippen molar-refractivity contribution in [1.82, 2.24) is 5.32 Å². The molecule has 0 aromatic carbocycles. The number of carbonyl (C=O) groups excluding carboxylic acids is 2. The molecule has 0 aliphatic heterocycles. The van der Waals surface area contributed by atoms with Gasteiger partial charge in [-0.25, -0.2) is 0 Å². The number of nitrogens with one attached hydrogen (secondary N) is 1. The van der Waals surface area contributed by atoms with E-state index >= 15 is 0 Å². The van der Waals surface area contributed by atoms with Crippen LogP contribution in [0.5, 0.6) is 0 Å². The van der Waals surface area contributed by atoms with Gasteiger partial charge < -0.3 is 20.3 Å². The Hall–Kier alpha value is -2.18. The van der Waals surface area contributed by atoms with Crippen LogP contribution in [0.4, 0.5) is 0 Å². The molecule has 1 amide bonds. The van der Waals surface area contributed by atoms with Crippen molar-refractivity contribution < 1.29 is 24.5 Å². The molecule has 2 unspecified atom stereocenters. The number of aliphatic hydroxyl groups excluding tert-OH is 2. The zero-order valence-electron chi connectivity index (χ0n) is 58.1. The minimum atomic E-state index is -0.843. The lowest BCUT2D eigenvalue weighted by atomic mass is 10.0. The second-order valence-electron chi connectivity index (χ2n) is 26.7. The van der Waals surface area contributed by atoms with Crippen molar-refractivity contribution in [3.05, 3.63) is 48.6 Å². The van der Waals surface area contributed by atoms with Gasteiger partial charge in [0.1, 0.15) is 0 Å². The molecule has 0 heterocycles. The van der Waals surface area contributed by atoms with Crippen molar-refractivity contribution in [2.75, 3.05) is 13.2 Å². The van der Waals surface area contributed by atoms with E-state index in [0.717, 1.165) is 51.4 Å². The van der Waals surface area contributed by atoms with E-state index in [-0.39, 0.29) is 18.5 Å². The highest BCUT2D eigenvalue weighted by Gasteiger charge is 2.18. The van der Waals surface area contributed by atoms with Crippen LogP contribution >= 0.6 is 0 Å². The van der Waals surface area contributed by atoms with Crippen molar-refractivity contribution in [3.63, 3.8) is 0 Å². The highest BCUT2D eigenvalue weighted by Crippen LogP contribution is 2.19. The van der Waals surface area contributed by atoms with E-state index in [1.165, 1.54) is 347 Å². The molecule has 0 aliphatic carbocycles. The number of ether oxygens (including phenoxy) is 1. The summed E-state index contributed by atoms with van der Waals surface area (Å²) < 4.78 is 5.50. The van der Waals surface area contributed by atoms with E-state index in [9.17, 15) is 19.8 Å². The quantitative estimate of drug-likeness (QED) is 0.0320. The second kappa shape index (κ2) is 75.3. The smallest absolute Gasteiger partial charge is 0.305 e. The van der Waals surface area contributed by atoms with Crippen molar-refractivity contribution in [2.45, 2.75) is 437 Å². The second-order valence-corrected chi connectivity index (χ2v) is 26.7. The Morgan fingerprint density at radius 1 is 0.326 bits per heavy atom. The summed E-state index contributed by atoms with van der Waals surface area (Å²) in [7, 11) is 0. The number of unbranched alkanes of at least 4 members (excludes halogenated alkanes) is 56. The molecule has 86 heavy (non-hydrogen) atoms. The molecule has 0 saturated carbocycles. The summed E-state index contributed by atoms with van der Waals surface area (Å²) in [5.41, 5.74) is 0. The number of carbonyl (C=O) groups is 2. The maximum Gasteiger partial charge on any atom is 0.305 e. The van der Waals surface area contributed by atoms with Gasteiger partial charge in [0.15, 0.2) is 0 Å². The molecule has 0 fully saturated rings. The Bertz CT molecular complexity index is 1440. The van der Waals surface area contributed by atoms with Gasteiger partial charge in [-0.15, -0.1) is 0 Å². The Morgan fingerprint density at radius 3 is 0.895 bits per heavy atom. The average molecular weight is 1210 g/mol. The number of esters is 1. The highest BCUT2D eigenvalue weighted by molar-refractivity contribution is 5.76. The van der Waals surface area contributed by atoms with Crippen molar-refractivity contribution in [2.24, 2.45) is 0 Å². The third-order valence-corrected chi connectivity index (χ3v) is 18.1. The predicted octanol–water partition coefficient (Wildman–Crippen LogP) is 25.6. The minimum absolute atomic E-state index is 0.0115.